The second-order valence-corrected chi connectivity index (χ2v) is 5.99. The van der Waals surface area contributed by atoms with E-state index in [2.05, 4.69) is 11.4 Å². The Bertz CT molecular complexity index is 539. The molecule has 1 aliphatic heterocycles. The van der Waals surface area contributed by atoms with Crippen LogP contribution in [-0.4, -0.2) is 25.7 Å². The second-order valence-electron chi connectivity index (χ2n) is 5.99. The average Bonchev–Trinajstić information content (AvgIpc) is 3.38. The lowest BCUT2D eigenvalue weighted by molar-refractivity contribution is -0.122. The maximum Gasteiger partial charge on any atom is 0.223 e. The molecule has 2 fully saturated rings. The molecule has 4 heteroatoms. The number of carbonyl (C=O) groups is 1. The smallest absolute Gasteiger partial charge is 0.223 e. The predicted molar refractivity (Wildman–Crippen MR) is 74.0 cm³/mol. The third-order valence-corrected chi connectivity index (χ3v) is 4.41. The minimum absolute atomic E-state index is 0.241. The number of benzene rings is 1. The Kier molecular flexibility index (Phi) is 2.83. The number of amides is 1. The number of carbonyl (C=O) groups excluding carboxylic acids is 1. The van der Waals surface area contributed by atoms with Crippen molar-refractivity contribution < 1.29 is 14.3 Å². The zero-order chi connectivity index (χ0) is 13.5. The summed E-state index contributed by atoms with van der Waals surface area (Å²) in [6.45, 7) is 2.05. The van der Waals surface area contributed by atoms with Gasteiger partial charge in [-0.1, -0.05) is 12.1 Å². The van der Waals surface area contributed by atoms with E-state index in [1.165, 1.54) is 5.56 Å². The maximum absolute atomic E-state index is 11.7. The number of rotatable bonds is 4. The first-order valence-electron chi connectivity index (χ1n) is 7.49. The normalized spacial score (nSPS) is 27.0. The van der Waals surface area contributed by atoms with Crippen LogP contribution in [0.2, 0.25) is 0 Å². The van der Waals surface area contributed by atoms with Crippen LogP contribution in [0.4, 0.5) is 0 Å². The van der Waals surface area contributed by atoms with E-state index in [4.69, 9.17) is 9.47 Å². The molecule has 1 aromatic rings. The summed E-state index contributed by atoms with van der Waals surface area (Å²) >= 11 is 0. The van der Waals surface area contributed by atoms with Crippen molar-refractivity contribution >= 4 is 5.91 Å². The monoisotopic (exact) mass is 273 g/mol. The van der Waals surface area contributed by atoms with Gasteiger partial charge in [0.1, 0.15) is 13.2 Å². The van der Waals surface area contributed by atoms with Crippen LogP contribution in [0.15, 0.2) is 18.2 Å². The third kappa shape index (κ3) is 2.23. The minimum Gasteiger partial charge on any atom is -0.486 e. The summed E-state index contributed by atoms with van der Waals surface area (Å²) in [5.41, 5.74) is 1.24. The first-order valence-corrected chi connectivity index (χ1v) is 7.49. The van der Waals surface area contributed by atoms with Gasteiger partial charge in [0.15, 0.2) is 11.5 Å². The van der Waals surface area contributed by atoms with E-state index in [0.717, 1.165) is 37.3 Å². The van der Waals surface area contributed by atoms with Crippen molar-refractivity contribution in [1.29, 1.82) is 0 Å². The van der Waals surface area contributed by atoms with Crippen LogP contribution >= 0.6 is 0 Å². The second kappa shape index (κ2) is 4.69. The van der Waals surface area contributed by atoms with Crippen LogP contribution in [0.3, 0.4) is 0 Å². The number of hydrogen-bond donors (Lipinski definition) is 1. The van der Waals surface area contributed by atoms with Crippen molar-refractivity contribution in [3.05, 3.63) is 23.8 Å². The van der Waals surface area contributed by atoms with Gasteiger partial charge in [-0.15, -0.1) is 0 Å². The highest BCUT2D eigenvalue weighted by Crippen LogP contribution is 2.52. The Hall–Kier alpha value is -1.71. The van der Waals surface area contributed by atoms with Crippen LogP contribution in [0.25, 0.3) is 0 Å². The number of nitrogens with one attached hydrogen (secondary N) is 1. The molecule has 4 rings (SSSR count). The molecule has 0 saturated heterocycles. The molecule has 0 spiro atoms. The third-order valence-electron chi connectivity index (χ3n) is 4.41. The highest BCUT2D eigenvalue weighted by molar-refractivity contribution is 5.80. The quantitative estimate of drug-likeness (QED) is 0.913. The van der Waals surface area contributed by atoms with Crippen LogP contribution in [0.5, 0.6) is 11.5 Å². The van der Waals surface area contributed by atoms with Crippen molar-refractivity contribution in [3.63, 3.8) is 0 Å². The Labute approximate surface area is 118 Å². The molecule has 106 valence electrons. The molecular weight excluding hydrogens is 254 g/mol. The van der Waals surface area contributed by atoms with Gasteiger partial charge in [0.25, 0.3) is 0 Å². The molecule has 3 aliphatic rings. The topological polar surface area (TPSA) is 47.6 Å². The highest BCUT2D eigenvalue weighted by Gasteiger charge is 2.41. The van der Waals surface area contributed by atoms with E-state index < -0.39 is 0 Å². The van der Waals surface area contributed by atoms with Crippen LogP contribution in [0, 0.1) is 11.8 Å². The van der Waals surface area contributed by atoms with Crippen LogP contribution in [0.1, 0.15) is 30.7 Å². The Morgan fingerprint density at radius 3 is 2.95 bits per heavy atom. The van der Waals surface area contributed by atoms with Gasteiger partial charge in [-0.05, 0) is 37.2 Å². The summed E-state index contributed by atoms with van der Waals surface area (Å²) in [6.07, 6.45) is 3.26. The van der Waals surface area contributed by atoms with Gasteiger partial charge in [0, 0.05) is 18.0 Å². The van der Waals surface area contributed by atoms with E-state index in [1.54, 1.807) is 0 Å². The fourth-order valence-corrected chi connectivity index (χ4v) is 2.96. The predicted octanol–water partition coefficient (Wildman–Crippen LogP) is 2.09. The van der Waals surface area contributed by atoms with Crippen molar-refractivity contribution in [1.82, 2.24) is 5.32 Å². The van der Waals surface area contributed by atoms with E-state index in [1.807, 2.05) is 12.1 Å². The molecule has 1 heterocycles. The van der Waals surface area contributed by atoms with Crippen molar-refractivity contribution in [2.45, 2.75) is 25.2 Å². The lowest BCUT2D eigenvalue weighted by atomic mass is 10.1. The molecule has 0 bridgehead atoms. The van der Waals surface area contributed by atoms with Crippen molar-refractivity contribution in [2.75, 3.05) is 19.8 Å². The molecule has 2 saturated carbocycles. The largest absolute Gasteiger partial charge is 0.486 e. The van der Waals surface area contributed by atoms with E-state index in [-0.39, 0.29) is 5.91 Å². The summed E-state index contributed by atoms with van der Waals surface area (Å²) in [7, 11) is 0. The van der Waals surface area contributed by atoms with Crippen LogP contribution < -0.4 is 14.8 Å². The number of ether oxygens (including phenoxy) is 2. The van der Waals surface area contributed by atoms with E-state index in [9.17, 15) is 4.79 Å². The molecule has 1 N–H and O–H groups in total. The molecule has 0 unspecified atom stereocenters. The standard InChI is InChI=1S/C16H19NO3/c18-16(10-4-5-10)17-9-11-8-13(11)12-2-1-3-14-15(12)20-7-6-19-14/h1-3,10-11,13H,4-9H2,(H,17,18)/t11-,13+/m0/s1. The number of fused-ring (bicyclic) bond motifs is 1. The Balaban J connectivity index is 1.41. The first kappa shape index (κ1) is 12.1. The Morgan fingerprint density at radius 1 is 1.25 bits per heavy atom. The molecule has 0 radical (unpaired) electrons. The SMILES string of the molecule is O=C(NC[C@@H]1C[C@H]1c1cccc2c1OCCO2)C1CC1. The molecule has 2 atom stereocenters. The van der Waals surface area contributed by atoms with Gasteiger partial charge in [0.05, 0.1) is 0 Å². The lowest BCUT2D eigenvalue weighted by Crippen LogP contribution is -2.27. The maximum atomic E-state index is 11.7. The summed E-state index contributed by atoms with van der Waals surface area (Å²) in [5, 5.41) is 3.08. The van der Waals surface area contributed by atoms with Gasteiger partial charge in [-0.3, -0.25) is 4.79 Å². The molecule has 1 aromatic carbocycles. The number of hydrogen-bond acceptors (Lipinski definition) is 3. The first-order chi connectivity index (χ1) is 9.83. The minimum atomic E-state index is 0.241. The molecule has 4 nitrogen and oxygen atoms in total. The summed E-state index contributed by atoms with van der Waals surface area (Å²) in [4.78, 5) is 11.7. The van der Waals surface area contributed by atoms with Gasteiger partial charge in [0.2, 0.25) is 5.91 Å². The zero-order valence-electron chi connectivity index (χ0n) is 11.4. The molecule has 20 heavy (non-hydrogen) atoms. The average molecular weight is 273 g/mol. The highest BCUT2D eigenvalue weighted by atomic mass is 16.6. The summed E-state index contributed by atoms with van der Waals surface area (Å²) < 4.78 is 11.4. The van der Waals surface area contributed by atoms with Gasteiger partial charge in [-0.2, -0.15) is 0 Å². The van der Waals surface area contributed by atoms with Gasteiger partial charge >= 0.3 is 0 Å². The van der Waals surface area contributed by atoms with E-state index in [0.29, 0.717) is 31.0 Å². The van der Waals surface area contributed by atoms with Crippen molar-refractivity contribution in [3.8, 4) is 11.5 Å². The fraction of sp³-hybridized carbons (Fsp3) is 0.562. The lowest BCUT2D eigenvalue weighted by Gasteiger charge is -2.21. The molecule has 0 aromatic heterocycles. The molecular formula is C16H19NO3. The summed E-state index contributed by atoms with van der Waals surface area (Å²) in [6, 6.07) is 6.12. The van der Waals surface area contributed by atoms with Crippen molar-refractivity contribution in [2.24, 2.45) is 11.8 Å². The fourth-order valence-electron chi connectivity index (χ4n) is 2.96. The van der Waals surface area contributed by atoms with E-state index >= 15 is 0 Å². The Morgan fingerprint density at radius 2 is 2.10 bits per heavy atom. The van der Waals surface area contributed by atoms with Crippen LogP contribution in [-0.2, 0) is 4.79 Å². The van der Waals surface area contributed by atoms with Gasteiger partial charge < -0.3 is 14.8 Å². The zero-order valence-corrected chi connectivity index (χ0v) is 11.4. The molecule has 2 aliphatic carbocycles. The van der Waals surface area contributed by atoms with Gasteiger partial charge in [-0.25, -0.2) is 0 Å². The summed E-state index contributed by atoms with van der Waals surface area (Å²) in [5.74, 6) is 3.38. The molecule has 1 amide bonds. The number of para-hydroxylation sites is 1.